The molecule has 0 radical (unpaired) electrons. The first kappa shape index (κ1) is 20.5. The number of benzene rings is 2. The van der Waals surface area contributed by atoms with Crippen LogP contribution in [0.2, 0.25) is 0 Å². The second kappa shape index (κ2) is 8.50. The van der Waals surface area contributed by atoms with E-state index in [9.17, 15) is 4.79 Å². The van der Waals surface area contributed by atoms with Crippen molar-refractivity contribution in [3.63, 3.8) is 0 Å². The average molecular weight is 406 g/mol. The third-order valence-electron chi connectivity index (χ3n) is 5.97. The van der Waals surface area contributed by atoms with Gasteiger partial charge in [-0.1, -0.05) is 58.0 Å². The van der Waals surface area contributed by atoms with Crippen LogP contribution < -0.4 is 5.32 Å². The van der Waals surface area contributed by atoms with Gasteiger partial charge in [-0.3, -0.25) is 0 Å². The smallest absolute Gasteiger partial charge is 0.321 e. The lowest BCUT2D eigenvalue weighted by Crippen LogP contribution is -2.42. The van der Waals surface area contributed by atoms with Gasteiger partial charge in [0.15, 0.2) is 11.5 Å². The SMILES string of the molecule is CC(C)c1cccc(C(C)C)c1NC(=O)N1CCC[C@H](c2nc3ccccc3o2)C1. The van der Waals surface area contributed by atoms with Gasteiger partial charge < -0.3 is 14.6 Å². The van der Waals surface area contributed by atoms with Gasteiger partial charge in [0.2, 0.25) is 0 Å². The summed E-state index contributed by atoms with van der Waals surface area (Å²) in [5, 5.41) is 3.25. The monoisotopic (exact) mass is 405 g/mol. The average Bonchev–Trinajstić information content (AvgIpc) is 3.18. The number of anilines is 1. The number of aromatic nitrogens is 1. The molecule has 1 aliphatic heterocycles. The Hall–Kier alpha value is -2.82. The zero-order valence-corrected chi connectivity index (χ0v) is 18.3. The Bertz CT molecular complexity index is 979. The summed E-state index contributed by atoms with van der Waals surface area (Å²) in [5.41, 5.74) is 5.02. The summed E-state index contributed by atoms with van der Waals surface area (Å²) >= 11 is 0. The Balaban J connectivity index is 1.54. The topological polar surface area (TPSA) is 58.4 Å². The van der Waals surface area contributed by atoms with Crippen molar-refractivity contribution in [2.45, 2.75) is 58.3 Å². The normalized spacial score (nSPS) is 17.1. The molecule has 158 valence electrons. The Kier molecular flexibility index (Phi) is 5.80. The van der Waals surface area contributed by atoms with E-state index < -0.39 is 0 Å². The molecule has 1 fully saturated rings. The Morgan fingerprint density at radius 1 is 1.07 bits per heavy atom. The van der Waals surface area contributed by atoms with E-state index >= 15 is 0 Å². The van der Waals surface area contributed by atoms with Crippen LogP contribution in [0, 0.1) is 0 Å². The van der Waals surface area contributed by atoms with Crippen molar-refractivity contribution in [3.05, 3.63) is 59.5 Å². The molecule has 2 aromatic carbocycles. The number of hydrogen-bond acceptors (Lipinski definition) is 3. The van der Waals surface area contributed by atoms with Crippen LogP contribution in [-0.4, -0.2) is 29.0 Å². The van der Waals surface area contributed by atoms with Gasteiger partial charge in [0.25, 0.3) is 0 Å². The summed E-state index contributed by atoms with van der Waals surface area (Å²) in [6.45, 7) is 10.0. The van der Waals surface area contributed by atoms with Crippen molar-refractivity contribution in [3.8, 4) is 0 Å². The summed E-state index contributed by atoms with van der Waals surface area (Å²) in [4.78, 5) is 19.8. The molecule has 1 aromatic heterocycles. The molecule has 30 heavy (non-hydrogen) atoms. The number of rotatable bonds is 4. The fourth-order valence-corrected chi connectivity index (χ4v) is 4.31. The first-order chi connectivity index (χ1) is 14.4. The van der Waals surface area contributed by atoms with Gasteiger partial charge in [0.1, 0.15) is 5.52 Å². The molecule has 5 heteroatoms. The molecule has 0 unspecified atom stereocenters. The number of carbonyl (C=O) groups excluding carboxylic acids is 1. The van der Waals surface area contributed by atoms with Crippen LogP contribution >= 0.6 is 0 Å². The van der Waals surface area contributed by atoms with Gasteiger partial charge in [-0.25, -0.2) is 9.78 Å². The van der Waals surface area contributed by atoms with Crippen LogP contribution in [-0.2, 0) is 0 Å². The fraction of sp³-hybridized carbons (Fsp3) is 0.440. The van der Waals surface area contributed by atoms with Gasteiger partial charge in [-0.15, -0.1) is 0 Å². The summed E-state index contributed by atoms with van der Waals surface area (Å²) < 4.78 is 5.99. The number of amides is 2. The van der Waals surface area contributed by atoms with Crippen LogP contribution in [0.3, 0.4) is 0 Å². The van der Waals surface area contributed by atoms with Crippen LogP contribution in [0.15, 0.2) is 46.9 Å². The summed E-state index contributed by atoms with van der Waals surface area (Å²) in [7, 11) is 0. The molecule has 1 aliphatic rings. The van der Waals surface area contributed by atoms with Crippen LogP contribution in [0.4, 0.5) is 10.5 Å². The van der Waals surface area contributed by atoms with E-state index in [0.29, 0.717) is 18.4 Å². The Morgan fingerprint density at radius 3 is 2.43 bits per heavy atom. The van der Waals surface area contributed by atoms with E-state index in [4.69, 9.17) is 4.42 Å². The van der Waals surface area contributed by atoms with Crippen molar-refractivity contribution in [2.75, 3.05) is 18.4 Å². The molecule has 0 saturated carbocycles. The number of carbonyl (C=O) groups is 1. The minimum atomic E-state index is -0.0363. The molecular formula is C25H31N3O2. The highest BCUT2D eigenvalue weighted by atomic mass is 16.3. The quantitative estimate of drug-likeness (QED) is 0.540. The molecule has 2 heterocycles. The highest BCUT2D eigenvalue weighted by Gasteiger charge is 2.29. The third kappa shape index (κ3) is 4.07. The first-order valence-corrected chi connectivity index (χ1v) is 11.0. The molecule has 0 bridgehead atoms. The van der Waals surface area contributed by atoms with E-state index in [1.54, 1.807) is 0 Å². The number of nitrogens with one attached hydrogen (secondary N) is 1. The van der Waals surface area contributed by atoms with E-state index in [2.05, 4.69) is 56.2 Å². The minimum absolute atomic E-state index is 0.0363. The van der Waals surface area contributed by atoms with Crippen molar-refractivity contribution >= 4 is 22.8 Å². The number of nitrogens with zero attached hydrogens (tertiary/aromatic N) is 2. The fourth-order valence-electron chi connectivity index (χ4n) is 4.31. The number of hydrogen-bond donors (Lipinski definition) is 1. The van der Waals surface area contributed by atoms with Gasteiger partial charge in [-0.2, -0.15) is 0 Å². The number of piperidine rings is 1. The van der Waals surface area contributed by atoms with Crippen molar-refractivity contribution < 1.29 is 9.21 Å². The van der Waals surface area contributed by atoms with E-state index in [1.165, 1.54) is 11.1 Å². The number of para-hydroxylation sites is 3. The predicted octanol–water partition coefficient (Wildman–Crippen LogP) is 6.49. The summed E-state index contributed by atoms with van der Waals surface area (Å²) in [5.74, 6) is 1.54. The Labute approximate surface area is 178 Å². The number of oxazole rings is 1. The van der Waals surface area contributed by atoms with Crippen LogP contribution in [0.25, 0.3) is 11.1 Å². The van der Waals surface area contributed by atoms with Crippen LogP contribution in [0.1, 0.15) is 75.3 Å². The lowest BCUT2D eigenvalue weighted by atomic mass is 9.92. The molecule has 4 rings (SSSR count). The lowest BCUT2D eigenvalue weighted by Gasteiger charge is -2.32. The number of fused-ring (bicyclic) bond motifs is 1. The van der Waals surface area contributed by atoms with Crippen LogP contribution in [0.5, 0.6) is 0 Å². The highest BCUT2D eigenvalue weighted by Crippen LogP contribution is 2.34. The molecule has 0 spiro atoms. The maximum Gasteiger partial charge on any atom is 0.321 e. The molecule has 0 aliphatic carbocycles. The zero-order valence-electron chi connectivity index (χ0n) is 18.3. The summed E-state index contributed by atoms with van der Waals surface area (Å²) in [6, 6.07) is 14.1. The van der Waals surface area contributed by atoms with Gasteiger partial charge in [-0.05, 0) is 47.9 Å². The minimum Gasteiger partial charge on any atom is -0.440 e. The number of urea groups is 1. The van der Waals surface area contributed by atoms with Gasteiger partial charge >= 0.3 is 6.03 Å². The van der Waals surface area contributed by atoms with E-state index in [-0.39, 0.29) is 11.9 Å². The molecule has 1 N–H and O–H groups in total. The molecule has 1 saturated heterocycles. The molecule has 5 nitrogen and oxygen atoms in total. The third-order valence-corrected chi connectivity index (χ3v) is 5.97. The van der Waals surface area contributed by atoms with E-state index in [1.807, 2.05) is 29.2 Å². The molecular weight excluding hydrogens is 374 g/mol. The second-order valence-electron chi connectivity index (χ2n) is 8.86. The standard InChI is InChI=1S/C25H31N3O2/c1-16(2)19-10-7-11-20(17(3)4)23(19)27-25(29)28-14-8-9-18(15-28)24-26-21-12-5-6-13-22(21)30-24/h5-7,10-13,16-18H,8-9,14-15H2,1-4H3,(H,27,29)/t18-/m0/s1. The lowest BCUT2D eigenvalue weighted by molar-refractivity contribution is 0.187. The Morgan fingerprint density at radius 2 is 1.77 bits per heavy atom. The molecule has 2 amide bonds. The maximum atomic E-state index is 13.2. The maximum absolute atomic E-state index is 13.2. The molecule has 3 aromatic rings. The van der Waals surface area contributed by atoms with E-state index in [0.717, 1.165) is 42.1 Å². The molecule has 1 atom stereocenters. The number of likely N-dealkylation sites (tertiary alicyclic amines) is 1. The second-order valence-corrected chi connectivity index (χ2v) is 8.86. The van der Waals surface area contributed by atoms with Gasteiger partial charge in [0, 0.05) is 18.8 Å². The van der Waals surface area contributed by atoms with Gasteiger partial charge in [0.05, 0.1) is 5.92 Å². The van der Waals surface area contributed by atoms with Crippen molar-refractivity contribution in [1.82, 2.24) is 9.88 Å². The summed E-state index contributed by atoms with van der Waals surface area (Å²) in [6.07, 6.45) is 1.93. The zero-order chi connectivity index (χ0) is 21.3. The van der Waals surface area contributed by atoms with Crippen molar-refractivity contribution in [1.29, 1.82) is 0 Å². The largest absolute Gasteiger partial charge is 0.440 e. The predicted molar refractivity (Wildman–Crippen MR) is 121 cm³/mol. The van der Waals surface area contributed by atoms with Crippen molar-refractivity contribution in [2.24, 2.45) is 0 Å². The first-order valence-electron chi connectivity index (χ1n) is 11.0. The highest BCUT2D eigenvalue weighted by molar-refractivity contribution is 5.91.